The summed E-state index contributed by atoms with van der Waals surface area (Å²) in [5, 5.41) is 2.34. The Hall–Kier alpha value is -1.85. The molecule has 0 radical (unpaired) electrons. The highest BCUT2D eigenvalue weighted by Crippen LogP contribution is 2.38. The molecule has 1 aliphatic heterocycles. The van der Waals surface area contributed by atoms with E-state index in [4.69, 9.17) is 4.74 Å². The van der Waals surface area contributed by atoms with E-state index in [9.17, 15) is 14.4 Å². The predicted octanol–water partition coefficient (Wildman–Crippen LogP) is 0.970. The molecule has 6 nitrogen and oxygen atoms in total. The molecule has 2 fully saturated rings. The molecule has 1 saturated heterocycles. The molecule has 0 bridgehead atoms. The number of nitrogens with one attached hydrogen (secondary N) is 1. The van der Waals surface area contributed by atoms with Gasteiger partial charge >= 0.3 is 12.0 Å². The van der Waals surface area contributed by atoms with Crippen LogP contribution >= 0.6 is 0 Å². The standard InChI is InChI=1S/C13H18N2O4/c1-3-19-10(16)8-9-4-6-13(7-5-9)11(17)14-12(18)15(13)2/h8H,3-7H2,1-2H3,(H,14,17,18). The van der Waals surface area contributed by atoms with Gasteiger partial charge in [-0.1, -0.05) is 5.57 Å². The van der Waals surface area contributed by atoms with Gasteiger partial charge in [0.15, 0.2) is 0 Å². The molecule has 19 heavy (non-hydrogen) atoms. The zero-order valence-electron chi connectivity index (χ0n) is 11.2. The van der Waals surface area contributed by atoms with Crippen molar-refractivity contribution >= 4 is 17.9 Å². The van der Waals surface area contributed by atoms with E-state index in [-0.39, 0.29) is 17.9 Å². The molecule has 0 aromatic rings. The quantitative estimate of drug-likeness (QED) is 0.459. The maximum absolute atomic E-state index is 11.9. The minimum Gasteiger partial charge on any atom is -0.463 e. The number of likely N-dealkylation sites (N-methyl/N-ethyl adjacent to an activating group) is 1. The summed E-state index contributed by atoms with van der Waals surface area (Å²) in [6, 6.07) is -0.345. The van der Waals surface area contributed by atoms with Gasteiger partial charge in [-0.2, -0.15) is 0 Å². The molecule has 0 atom stereocenters. The average Bonchev–Trinajstić information content (AvgIpc) is 2.57. The highest BCUT2D eigenvalue weighted by Gasteiger charge is 2.51. The van der Waals surface area contributed by atoms with Crippen molar-refractivity contribution in [2.45, 2.75) is 38.1 Å². The van der Waals surface area contributed by atoms with Gasteiger partial charge in [-0.3, -0.25) is 10.1 Å². The first-order valence-corrected chi connectivity index (χ1v) is 6.45. The summed E-state index contributed by atoms with van der Waals surface area (Å²) < 4.78 is 4.86. The third-order valence-corrected chi connectivity index (χ3v) is 3.92. The SMILES string of the molecule is CCOC(=O)C=C1CCC2(CC1)C(=O)NC(=O)N2C. The number of urea groups is 1. The van der Waals surface area contributed by atoms with E-state index in [1.807, 2.05) is 0 Å². The van der Waals surface area contributed by atoms with Crippen LogP contribution in [0.5, 0.6) is 0 Å². The zero-order chi connectivity index (χ0) is 14.0. The van der Waals surface area contributed by atoms with Crippen LogP contribution in [0, 0.1) is 0 Å². The van der Waals surface area contributed by atoms with Crippen LogP contribution in [0.15, 0.2) is 11.6 Å². The number of carbonyl (C=O) groups is 3. The zero-order valence-corrected chi connectivity index (χ0v) is 11.2. The van der Waals surface area contributed by atoms with Crippen LogP contribution in [0.3, 0.4) is 0 Å². The maximum atomic E-state index is 11.9. The van der Waals surface area contributed by atoms with Crippen LogP contribution in [-0.4, -0.2) is 42.0 Å². The number of hydrogen-bond acceptors (Lipinski definition) is 4. The van der Waals surface area contributed by atoms with Crippen LogP contribution in [0.1, 0.15) is 32.6 Å². The van der Waals surface area contributed by atoms with E-state index in [1.165, 1.54) is 11.0 Å². The number of allylic oxidation sites excluding steroid dienone is 1. The van der Waals surface area contributed by atoms with Gasteiger partial charge in [-0.15, -0.1) is 0 Å². The van der Waals surface area contributed by atoms with Gasteiger partial charge in [0, 0.05) is 13.1 Å². The highest BCUT2D eigenvalue weighted by molar-refractivity contribution is 6.07. The molecule has 0 aromatic heterocycles. The normalized spacial score (nSPS) is 26.6. The molecule has 6 heteroatoms. The Balaban J connectivity index is 2.05. The third-order valence-electron chi connectivity index (χ3n) is 3.92. The van der Waals surface area contributed by atoms with Crippen molar-refractivity contribution in [2.24, 2.45) is 0 Å². The smallest absolute Gasteiger partial charge is 0.330 e. The minimum absolute atomic E-state index is 0.227. The molecule has 1 N–H and O–H groups in total. The lowest BCUT2D eigenvalue weighted by molar-refractivity contribution is -0.137. The Morgan fingerprint density at radius 1 is 1.42 bits per heavy atom. The Labute approximate surface area is 111 Å². The van der Waals surface area contributed by atoms with Crippen molar-refractivity contribution in [3.05, 3.63) is 11.6 Å². The number of esters is 1. The molecule has 2 aliphatic rings. The summed E-state index contributed by atoms with van der Waals surface area (Å²) in [5.74, 6) is -0.566. The molecular weight excluding hydrogens is 248 g/mol. The molecule has 3 amide bonds. The Morgan fingerprint density at radius 2 is 2.05 bits per heavy atom. The van der Waals surface area contributed by atoms with Gasteiger partial charge in [0.1, 0.15) is 5.54 Å². The van der Waals surface area contributed by atoms with E-state index in [2.05, 4.69) is 5.32 Å². The summed E-state index contributed by atoms with van der Waals surface area (Å²) in [6.45, 7) is 2.11. The monoisotopic (exact) mass is 266 g/mol. The maximum Gasteiger partial charge on any atom is 0.330 e. The van der Waals surface area contributed by atoms with Gasteiger partial charge in [0.05, 0.1) is 6.61 Å². The average molecular weight is 266 g/mol. The number of amides is 3. The molecule has 1 spiro atoms. The number of imide groups is 1. The highest BCUT2D eigenvalue weighted by atomic mass is 16.5. The van der Waals surface area contributed by atoms with Crippen molar-refractivity contribution in [3.8, 4) is 0 Å². The summed E-state index contributed by atoms with van der Waals surface area (Å²) >= 11 is 0. The molecule has 0 unspecified atom stereocenters. The van der Waals surface area contributed by atoms with Gasteiger partial charge in [0.25, 0.3) is 5.91 Å². The third kappa shape index (κ3) is 2.34. The van der Waals surface area contributed by atoms with Crippen molar-refractivity contribution < 1.29 is 19.1 Å². The lowest BCUT2D eigenvalue weighted by Crippen LogP contribution is -2.49. The van der Waals surface area contributed by atoms with Crippen LogP contribution in [0.25, 0.3) is 0 Å². The first-order chi connectivity index (χ1) is 8.99. The summed E-state index contributed by atoms with van der Waals surface area (Å²) in [4.78, 5) is 36.3. The van der Waals surface area contributed by atoms with Crippen LogP contribution in [0.4, 0.5) is 4.79 Å². The summed E-state index contributed by atoms with van der Waals surface area (Å²) in [6.07, 6.45) is 3.86. The van der Waals surface area contributed by atoms with Crippen molar-refractivity contribution in [2.75, 3.05) is 13.7 Å². The first-order valence-electron chi connectivity index (χ1n) is 6.45. The first kappa shape index (κ1) is 13.6. The van der Waals surface area contributed by atoms with Crippen LogP contribution in [0.2, 0.25) is 0 Å². The van der Waals surface area contributed by atoms with E-state index in [1.54, 1.807) is 14.0 Å². The second-order valence-corrected chi connectivity index (χ2v) is 4.90. The predicted molar refractivity (Wildman–Crippen MR) is 67.2 cm³/mol. The lowest BCUT2D eigenvalue weighted by Gasteiger charge is -2.36. The van der Waals surface area contributed by atoms with Crippen LogP contribution < -0.4 is 5.32 Å². The van der Waals surface area contributed by atoms with E-state index >= 15 is 0 Å². The second kappa shape index (κ2) is 5.03. The van der Waals surface area contributed by atoms with Gasteiger partial charge in [-0.05, 0) is 32.6 Å². The van der Waals surface area contributed by atoms with Gasteiger partial charge in [-0.25, -0.2) is 9.59 Å². The fourth-order valence-electron chi connectivity index (χ4n) is 2.69. The topological polar surface area (TPSA) is 75.7 Å². The van der Waals surface area contributed by atoms with Crippen molar-refractivity contribution in [1.29, 1.82) is 0 Å². The van der Waals surface area contributed by atoms with Crippen molar-refractivity contribution in [3.63, 3.8) is 0 Å². The summed E-state index contributed by atoms with van der Waals surface area (Å²) in [7, 11) is 1.64. The largest absolute Gasteiger partial charge is 0.463 e. The molecule has 0 aromatic carbocycles. The number of rotatable bonds is 2. The number of ether oxygens (including phenoxy) is 1. The number of hydrogen-bond donors (Lipinski definition) is 1. The fourth-order valence-corrected chi connectivity index (χ4v) is 2.69. The Morgan fingerprint density at radius 3 is 2.53 bits per heavy atom. The number of carbonyl (C=O) groups excluding carboxylic acids is 3. The van der Waals surface area contributed by atoms with E-state index in [0.717, 1.165) is 5.57 Å². The van der Waals surface area contributed by atoms with Crippen LogP contribution in [-0.2, 0) is 14.3 Å². The molecule has 1 aliphatic carbocycles. The Kier molecular flexibility index (Phi) is 3.59. The molecule has 1 heterocycles. The van der Waals surface area contributed by atoms with Gasteiger partial charge < -0.3 is 9.64 Å². The number of nitrogens with zero attached hydrogens (tertiary/aromatic N) is 1. The Bertz CT molecular complexity index is 446. The molecular formula is C13H18N2O4. The fraction of sp³-hybridized carbons (Fsp3) is 0.615. The lowest BCUT2D eigenvalue weighted by atomic mass is 9.78. The van der Waals surface area contributed by atoms with Gasteiger partial charge in [0.2, 0.25) is 0 Å². The molecule has 2 rings (SSSR count). The second-order valence-electron chi connectivity index (χ2n) is 4.90. The summed E-state index contributed by atoms with van der Waals surface area (Å²) in [5.41, 5.74) is 0.243. The minimum atomic E-state index is -0.733. The molecule has 104 valence electrons. The van der Waals surface area contributed by atoms with E-state index < -0.39 is 5.54 Å². The van der Waals surface area contributed by atoms with E-state index in [0.29, 0.717) is 32.3 Å². The van der Waals surface area contributed by atoms with Crippen molar-refractivity contribution in [1.82, 2.24) is 10.2 Å². The molecule has 1 saturated carbocycles.